The lowest BCUT2D eigenvalue weighted by atomic mass is 10.2. The van der Waals surface area contributed by atoms with Crippen molar-refractivity contribution < 1.29 is 9.47 Å². The number of rotatable bonds is 7. The van der Waals surface area contributed by atoms with Gasteiger partial charge in [-0.25, -0.2) is 9.97 Å². The maximum absolute atomic E-state index is 12.2. The van der Waals surface area contributed by atoms with Crippen LogP contribution in [0.15, 0.2) is 46.6 Å². The van der Waals surface area contributed by atoms with Crippen LogP contribution in [0.3, 0.4) is 0 Å². The number of nitrogens with zero attached hydrogens (tertiary/aromatic N) is 6. The molecule has 0 aliphatic carbocycles. The summed E-state index contributed by atoms with van der Waals surface area (Å²) in [6.45, 7) is 1.45. The van der Waals surface area contributed by atoms with Crippen LogP contribution < -0.4 is 10.3 Å². The molecule has 10 nitrogen and oxygen atoms in total. The number of aromatic amines is 1. The van der Waals surface area contributed by atoms with Crippen molar-refractivity contribution in [1.29, 1.82) is 0 Å². The third kappa shape index (κ3) is 4.06. The van der Waals surface area contributed by atoms with Crippen LogP contribution in [0.25, 0.3) is 17.2 Å². The number of aromatic nitrogens is 7. The SMILES string of the molecule is COc1ccc(-c2nnc(SCc3cc(=O)n4[nH]cnc4n3)n2C[C@@H]2CCCO2)cc1. The average Bonchev–Trinajstić information content (AvgIpc) is 3.54. The van der Waals surface area contributed by atoms with Crippen molar-refractivity contribution in [2.75, 3.05) is 13.7 Å². The number of ether oxygens (including phenoxy) is 2. The highest BCUT2D eigenvalue weighted by Crippen LogP contribution is 2.29. The van der Waals surface area contributed by atoms with Crippen molar-refractivity contribution in [3.63, 3.8) is 0 Å². The minimum atomic E-state index is -0.196. The summed E-state index contributed by atoms with van der Waals surface area (Å²) in [6.07, 6.45) is 3.65. The highest BCUT2D eigenvalue weighted by Gasteiger charge is 2.22. The second-order valence-electron chi connectivity index (χ2n) is 7.18. The zero-order valence-corrected chi connectivity index (χ0v) is 17.7. The summed E-state index contributed by atoms with van der Waals surface area (Å²) in [5.74, 6) is 2.39. The van der Waals surface area contributed by atoms with E-state index in [1.54, 1.807) is 7.11 Å². The normalized spacial score (nSPS) is 16.2. The second-order valence-corrected chi connectivity index (χ2v) is 8.12. The lowest BCUT2D eigenvalue weighted by molar-refractivity contribution is 0.0953. The molecule has 0 unspecified atom stereocenters. The van der Waals surface area contributed by atoms with Gasteiger partial charge in [-0.3, -0.25) is 14.5 Å². The number of hydrogen-bond acceptors (Lipinski definition) is 8. The van der Waals surface area contributed by atoms with Gasteiger partial charge in [0.1, 0.15) is 12.1 Å². The number of methoxy groups -OCH3 is 1. The molecule has 0 bridgehead atoms. The standard InChI is InChI=1S/C20H21N7O3S/c1-29-15-6-4-13(5-7-15)18-24-25-20(26(18)10-16-3-2-8-30-16)31-11-14-9-17(28)27-19(23-14)21-12-22-27/h4-7,9,12,16H,2-3,8,10-11H2,1H3,(H,21,22,23)/t16-/m0/s1. The highest BCUT2D eigenvalue weighted by atomic mass is 32.2. The van der Waals surface area contributed by atoms with Gasteiger partial charge in [-0.1, -0.05) is 11.8 Å². The molecule has 1 aliphatic rings. The first-order valence-corrected chi connectivity index (χ1v) is 10.9. The fourth-order valence-corrected chi connectivity index (χ4v) is 4.43. The lowest BCUT2D eigenvalue weighted by Gasteiger charge is -2.15. The maximum Gasteiger partial charge on any atom is 0.274 e. The summed E-state index contributed by atoms with van der Waals surface area (Å²) in [5.41, 5.74) is 1.39. The Kier molecular flexibility index (Phi) is 5.43. The van der Waals surface area contributed by atoms with Crippen LogP contribution in [0.1, 0.15) is 18.5 Å². The van der Waals surface area contributed by atoms with Crippen LogP contribution in [0.4, 0.5) is 0 Å². The van der Waals surface area contributed by atoms with E-state index >= 15 is 0 Å². The molecule has 3 aromatic heterocycles. The number of nitrogens with one attached hydrogen (secondary N) is 1. The first kappa shape index (κ1) is 19.8. The number of thioether (sulfide) groups is 1. The van der Waals surface area contributed by atoms with Gasteiger partial charge in [0, 0.05) is 24.0 Å². The van der Waals surface area contributed by atoms with Gasteiger partial charge in [-0.05, 0) is 37.1 Å². The molecule has 5 rings (SSSR count). The molecule has 0 amide bonds. The summed E-state index contributed by atoms with van der Waals surface area (Å²) in [4.78, 5) is 20.7. The number of benzene rings is 1. The zero-order chi connectivity index (χ0) is 21.2. The van der Waals surface area contributed by atoms with Crippen LogP contribution >= 0.6 is 11.8 Å². The number of fused-ring (bicyclic) bond motifs is 1. The molecule has 11 heteroatoms. The predicted octanol–water partition coefficient (Wildman–Crippen LogP) is 2.16. The van der Waals surface area contributed by atoms with E-state index in [2.05, 4.69) is 29.8 Å². The van der Waals surface area contributed by atoms with Crippen LogP contribution in [-0.2, 0) is 17.0 Å². The monoisotopic (exact) mass is 439 g/mol. The molecule has 160 valence electrons. The molecule has 0 radical (unpaired) electrons. The largest absolute Gasteiger partial charge is 0.497 e. The molecule has 1 atom stereocenters. The highest BCUT2D eigenvalue weighted by molar-refractivity contribution is 7.98. The van der Waals surface area contributed by atoms with E-state index in [1.165, 1.54) is 28.7 Å². The van der Waals surface area contributed by atoms with Crippen molar-refractivity contribution in [3.05, 3.63) is 52.7 Å². The Morgan fingerprint density at radius 3 is 2.94 bits per heavy atom. The Hall–Kier alpha value is -3.18. The predicted molar refractivity (Wildman–Crippen MR) is 114 cm³/mol. The summed E-state index contributed by atoms with van der Waals surface area (Å²) < 4.78 is 14.5. The molecule has 4 heterocycles. The first-order chi connectivity index (χ1) is 15.2. The Bertz CT molecular complexity index is 1240. The molecule has 1 aromatic carbocycles. The van der Waals surface area contributed by atoms with Crippen LogP contribution in [0, 0.1) is 0 Å². The van der Waals surface area contributed by atoms with Gasteiger partial charge in [0.2, 0.25) is 0 Å². The third-order valence-corrected chi connectivity index (χ3v) is 6.15. The Balaban J connectivity index is 1.43. The van der Waals surface area contributed by atoms with Crippen molar-refractivity contribution in [3.8, 4) is 17.1 Å². The molecular weight excluding hydrogens is 418 g/mol. The van der Waals surface area contributed by atoms with E-state index in [1.807, 2.05) is 24.3 Å². The van der Waals surface area contributed by atoms with E-state index in [4.69, 9.17) is 9.47 Å². The fraction of sp³-hybridized carbons (Fsp3) is 0.350. The molecule has 1 aliphatic heterocycles. The first-order valence-electron chi connectivity index (χ1n) is 9.95. The van der Waals surface area contributed by atoms with Crippen molar-refractivity contribution in [1.82, 2.24) is 34.3 Å². The molecule has 4 aromatic rings. The van der Waals surface area contributed by atoms with Crippen molar-refractivity contribution in [2.24, 2.45) is 0 Å². The molecule has 31 heavy (non-hydrogen) atoms. The molecule has 1 N–H and O–H groups in total. The molecule has 1 fully saturated rings. The molecular formula is C20H21N7O3S. The van der Waals surface area contributed by atoms with Gasteiger partial charge in [0.05, 0.1) is 25.5 Å². The smallest absolute Gasteiger partial charge is 0.274 e. The molecule has 1 saturated heterocycles. The van der Waals surface area contributed by atoms with Gasteiger partial charge in [0.25, 0.3) is 11.3 Å². The molecule has 0 spiro atoms. The topological polar surface area (TPSA) is 112 Å². The minimum Gasteiger partial charge on any atom is -0.497 e. The Morgan fingerprint density at radius 2 is 2.16 bits per heavy atom. The summed E-state index contributed by atoms with van der Waals surface area (Å²) in [6, 6.07) is 9.26. The van der Waals surface area contributed by atoms with Crippen LogP contribution in [0.5, 0.6) is 5.75 Å². The van der Waals surface area contributed by atoms with Crippen molar-refractivity contribution >= 4 is 17.5 Å². The Morgan fingerprint density at radius 1 is 1.29 bits per heavy atom. The minimum absolute atomic E-state index is 0.135. The van der Waals surface area contributed by atoms with Crippen LogP contribution in [-0.4, -0.2) is 54.2 Å². The summed E-state index contributed by atoms with van der Waals surface area (Å²) in [5, 5.41) is 12.4. The van der Waals surface area contributed by atoms with E-state index < -0.39 is 0 Å². The fourth-order valence-electron chi connectivity index (χ4n) is 3.59. The number of hydrogen-bond donors (Lipinski definition) is 1. The quantitative estimate of drug-likeness (QED) is 0.436. The van der Waals surface area contributed by atoms with Crippen LogP contribution in [0.2, 0.25) is 0 Å². The third-order valence-electron chi connectivity index (χ3n) is 5.15. The van der Waals surface area contributed by atoms with Gasteiger partial charge in [-0.15, -0.1) is 10.2 Å². The maximum atomic E-state index is 12.2. The average molecular weight is 440 g/mol. The van der Waals surface area contributed by atoms with E-state index in [0.29, 0.717) is 23.8 Å². The van der Waals surface area contributed by atoms with Gasteiger partial charge in [0.15, 0.2) is 11.0 Å². The van der Waals surface area contributed by atoms with Gasteiger partial charge in [-0.2, -0.15) is 4.52 Å². The Labute approximate surface area is 181 Å². The van der Waals surface area contributed by atoms with E-state index in [-0.39, 0.29) is 11.7 Å². The number of H-pyrrole nitrogens is 1. The second kappa shape index (κ2) is 8.52. The summed E-state index contributed by atoms with van der Waals surface area (Å²) in [7, 11) is 1.64. The molecule has 0 saturated carbocycles. The van der Waals surface area contributed by atoms with E-state index in [9.17, 15) is 4.79 Å². The van der Waals surface area contributed by atoms with Gasteiger partial charge < -0.3 is 9.47 Å². The lowest BCUT2D eigenvalue weighted by Crippen LogP contribution is -2.17. The summed E-state index contributed by atoms with van der Waals surface area (Å²) >= 11 is 1.49. The van der Waals surface area contributed by atoms with Crippen molar-refractivity contribution in [2.45, 2.75) is 36.4 Å². The van der Waals surface area contributed by atoms with Gasteiger partial charge >= 0.3 is 0 Å². The van der Waals surface area contributed by atoms with E-state index in [0.717, 1.165) is 41.7 Å². The zero-order valence-electron chi connectivity index (χ0n) is 16.9.